The molecule has 0 spiro atoms. The first kappa shape index (κ1) is 19.2. The van der Waals surface area contributed by atoms with Gasteiger partial charge in [-0.05, 0) is 49.6 Å². The van der Waals surface area contributed by atoms with Crippen LogP contribution in [0.4, 0.5) is 0 Å². The summed E-state index contributed by atoms with van der Waals surface area (Å²) < 4.78 is 5.19. The van der Waals surface area contributed by atoms with E-state index in [1.807, 2.05) is 18.2 Å². The van der Waals surface area contributed by atoms with Gasteiger partial charge in [-0.15, -0.1) is 0 Å². The van der Waals surface area contributed by atoms with Crippen LogP contribution in [0.15, 0.2) is 54.6 Å². The third-order valence-electron chi connectivity index (χ3n) is 3.92. The minimum atomic E-state index is 0.704. The second-order valence-electron chi connectivity index (χ2n) is 6.22. The summed E-state index contributed by atoms with van der Waals surface area (Å²) in [4.78, 5) is 4.39. The van der Waals surface area contributed by atoms with Gasteiger partial charge in [0.2, 0.25) is 0 Å². The van der Waals surface area contributed by atoms with Gasteiger partial charge >= 0.3 is 0 Å². The van der Waals surface area contributed by atoms with Gasteiger partial charge in [0.25, 0.3) is 0 Å². The number of rotatable bonds is 8. The molecule has 1 N–H and O–H groups in total. The molecule has 0 aliphatic carbocycles. The highest BCUT2D eigenvalue weighted by molar-refractivity contribution is 7.80. The lowest BCUT2D eigenvalue weighted by molar-refractivity contribution is 0.322. The van der Waals surface area contributed by atoms with Crippen LogP contribution in [-0.2, 0) is 13.1 Å². The van der Waals surface area contributed by atoms with E-state index in [0.717, 1.165) is 30.5 Å². The predicted molar refractivity (Wildman–Crippen MR) is 108 cm³/mol. The molecule has 0 fully saturated rings. The van der Waals surface area contributed by atoms with Crippen molar-refractivity contribution in [1.82, 2.24) is 15.1 Å². The summed E-state index contributed by atoms with van der Waals surface area (Å²) in [5.41, 5.74) is 2.44. The number of thiocarbonyl (C=S) groups is 1. The second kappa shape index (κ2) is 10.0. The molecular formula is C20H27N3OS. The van der Waals surface area contributed by atoms with Crippen molar-refractivity contribution in [2.75, 3.05) is 34.3 Å². The van der Waals surface area contributed by atoms with Gasteiger partial charge in [-0.25, -0.2) is 0 Å². The van der Waals surface area contributed by atoms with E-state index >= 15 is 0 Å². The number of nitrogens with one attached hydrogen (secondary N) is 1. The number of benzene rings is 2. The third-order valence-corrected chi connectivity index (χ3v) is 4.33. The zero-order chi connectivity index (χ0) is 18.1. The van der Waals surface area contributed by atoms with E-state index in [1.165, 1.54) is 11.1 Å². The molecule has 0 saturated heterocycles. The molecule has 0 bridgehead atoms. The summed E-state index contributed by atoms with van der Waals surface area (Å²) in [6.45, 7) is 3.35. The summed E-state index contributed by atoms with van der Waals surface area (Å²) in [5, 5.41) is 4.16. The fourth-order valence-electron chi connectivity index (χ4n) is 2.41. The molecule has 0 saturated carbocycles. The molecule has 25 heavy (non-hydrogen) atoms. The Balaban J connectivity index is 1.95. The number of hydrogen-bond donors (Lipinski definition) is 1. The molecule has 2 rings (SSSR count). The average Bonchev–Trinajstić information content (AvgIpc) is 2.64. The van der Waals surface area contributed by atoms with Crippen LogP contribution in [0.5, 0.6) is 5.75 Å². The van der Waals surface area contributed by atoms with Crippen LogP contribution in [0.1, 0.15) is 11.1 Å². The monoisotopic (exact) mass is 357 g/mol. The van der Waals surface area contributed by atoms with Crippen LogP contribution in [0, 0.1) is 0 Å². The second-order valence-corrected chi connectivity index (χ2v) is 6.60. The minimum absolute atomic E-state index is 0.704. The van der Waals surface area contributed by atoms with Crippen LogP contribution in [0.2, 0.25) is 0 Å². The van der Waals surface area contributed by atoms with Crippen LogP contribution in [0.3, 0.4) is 0 Å². The van der Waals surface area contributed by atoms with Gasteiger partial charge < -0.3 is 19.9 Å². The Kier molecular flexibility index (Phi) is 7.70. The van der Waals surface area contributed by atoms with Gasteiger partial charge in [-0.3, -0.25) is 0 Å². The Morgan fingerprint density at radius 3 is 2.24 bits per heavy atom. The Morgan fingerprint density at radius 1 is 0.960 bits per heavy atom. The van der Waals surface area contributed by atoms with E-state index in [-0.39, 0.29) is 0 Å². The maximum Gasteiger partial charge on any atom is 0.169 e. The molecule has 2 aromatic rings. The van der Waals surface area contributed by atoms with Crippen molar-refractivity contribution in [2.45, 2.75) is 13.1 Å². The molecule has 134 valence electrons. The lowest BCUT2D eigenvalue weighted by Crippen LogP contribution is -2.42. The Labute approximate surface area is 156 Å². The van der Waals surface area contributed by atoms with Crippen molar-refractivity contribution >= 4 is 17.3 Å². The topological polar surface area (TPSA) is 27.7 Å². The smallest absolute Gasteiger partial charge is 0.169 e. The normalized spacial score (nSPS) is 10.6. The SMILES string of the molecule is COc1ccc(CNC(=S)N(CCN(C)C)Cc2ccccc2)cc1. The Bertz CT molecular complexity index is 644. The highest BCUT2D eigenvalue weighted by Gasteiger charge is 2.10. The number of hydrogen-bond acceptors (Lipinski definition) is 3. The molecule has 0 atom stereocenters. The molecule has 2 aromatic carbocycles. The van der Waals surface area contributed by atoms with E-state index in [0.29, 0.717) is 6.54 Å². The highest BCUT2D eigenvalue weighted by Crippen LogP contribution is 2.11. The van der Waals surface area contributed by atoms with Crippen LogP contribution in [-0.4, -0.2) is 49.2 Å². The maximum atomic E-state index is 5.65. The molecular weight excluding hydrogens is 330 g/mol. The molecule has 0 heterocycles. The summed E-state index contributed by atoms with van der Waals surface area (Å²) in [5.74, 6) is 0.864. The molecule has 0 amide bonds. The Hall–Kier alpha value is -2.11. The lowest BCUT2D eigenvalue weighted by atomic mass is 10.2. The summed E-state index contributed by atoms with van der Waals surface area (Å²) in [6, 6.07) is 18.5. The Morgan fingerprint density at radius 2 is 1.64 bits per heavy atom. The zero-order valence-electron chi connectivity index (χ0n) is 15.2. The van der Waals surface area contributed by atoms with Crippen molar-refractivity contribution in [3.8, 4) is 5.75 Å². The van der Waals surface area contributed by atoms with Crippen LogP contribution >= 0.6 is 12.2 Å². The van der Waals surface area contributed by atoms with E-state index in [4.69, 9.17) is 17.0 Å². The van der Waals surface area contributed by atoms with Crippen molar-refractivity contribution in [3.63, 3.8) is 0 Å². The maximum absolute atomic E-state index is 5.65. The van der Waals surface area contributed by atoms with Gasteiger partial charge in [0, 0.05) is 26.2 Å². The molecule has 0 radical (unpaired) electrons. The summed E-state index contributed by atoms with van der Waals surface area (Å²) in [6.07, 6.45) is 0. The minimum Gasteiger partial charge on any atom is -0.497 e. The van der Waals surface area contributed by atoms with Crippen LogP contribution in [0.25, 0.3) is 0 Å². The van der Waals surface area contributed by atoms with Gasteiger partial charge in [0.15, 0.2) is 5.11 Å². The molecule has 5 heteroatoms. The van der Waals surface area contributed by atoms with E-state index < -0.39 is 0 Å². The van der Waals surface area contributed by atoms with Crippen LogP contribution < -0.4 is 10.1 Å². The van der Waals surface area contributed by atoms with E-state index in [1.54, 1.807) is 7.11 Å². The first-order chi connectivity index (χ1) is 12.1. The molecule has 0 aliphatic rings. The predicted octanol–water partition coefficient (Wildman–Crippen LogP) is 3.13. The van der Waals surface area contributed by atoms with Gasteiger partial charge in [-0.1, -0.05) is 42.5 Å². The van der Waals surface area contributed by atoms with Gasteiger partial charge in [-0.2, -0.15) is 0 Å². The zero-order valence-corrected chi connectivity index (χ0v) is 16.1. The molecule has 0 aliphatic heterocycles. The highest BCUT2D eigenvalue weighted by atomic mass is 32.1. The van der Waals surface area contributed by atoms with E-state index in [2.05, 4.69) is 65.6 Å². The summed E-state index contributed by atoms with van der Waals surface area (Å²) >= 11 is 5.65. The van der Waals surface area contributed by atoms with Crippen molar-refractivity contribution in [3.05, 3.63) is 65.7 Å². The van der Waals surface area contributed by atoms with Crippen molar-refractivity contribution in [1.29, 1.82) is 0 Å². The summed E-state index contributed by atoms with van der Waals surface area (Å²) in [7, 11) is 5.83. The lowest BCUT2D eigenvalue weighted by Gasteiger charge is -2.27. The average molecular weight is 358 g/mol. The number of likely N-dealkylation sites (N-methyl/N-ethyl adjacent to an activating group) is 1. The van der Waals surface area contributed by atoms with Crippen molar-refractivity contribution < 1.29 is 4.74 Å². The van der Waals surface area contributed by atoms with Gasteiger partial charge in [0.1, 0.15) is 5.75 Å². The standard InChI is InChI=1S/C20H27N3OS/c1-22(2)13-14-23(16-18-7-5-4-6-8-18)20(25)21-15-17-9-11-19(24-3)12-10-17/h4-12H,13-16H2,1-3H3,(H,21,25). The fraction of sp³-hybridized carbons (Fsp3) is 0.350. The van der Waals surface area contributed by atoms with Crippen molar-refractivity contribution in [2.24, 2.45) is 0 Å². The number of methoxy groups -OCH3 is 1. The largest absolute Gasteiger partial charge is 0.497 e. The first-order valence-corrected chi connectivity index (χ1v) is 8.83. The third kappa shape index (κ3) is 6.72. The quantitative estimate of drug-likeness (QED) is 0.733. The molecule has 0 unspecified atom stereocenters. The molecule has 4 nitrogen and oxygen atoms in total. The first-order valence-electron chi connectivity index (χ1n) is 8.43. The number of nitrogens with zero attached hydrogens (tertiary/aromatic N) is 2. The van der Waals surface area contributed by atoms with E-state index in [9.17, 15) is 0 Å². The fourth-order valence-corrected chi connectivity index (χ4v) is 2.64. The van der Waals surface area contributed by atoms with Gasteiger partial charge in [0.05, 0.1) is 7.11 Å². The molecule has 0 aromatic heterocycles. The number of ether oxygens (including phenoxy) is 1.